The molecule has 2 saturated heterocycles. The van der Waals surface area contributed by atoms with E-state index in [1.54, 1.807) is 13.8 Å². The van der Waals surface area contributed by atoms with Crippen molar-refractivity contribution in [2.24, 2.45) is 34.8 Å². The van der Waals surface area contributed by atoms with Gasteiger partial charge in [-0.25, -0.2) is 0 Å². The molecular formula is C43H66N12O12S2. The van der Waals surface area contributed by atoms with Gasteiger partial charge in [-0.1, -0.05) is 67.8 Å². The van der Waals surface area contributed by atoms with Crippen molar-refractivity contribution in [2.45, 2.75) is 127 Å². The van der Waals surface area contributed by atoms with Crippen molar-refractivity contribution in [3.05, 3.63) is 29.8 Å². The zero-order valence-electron chi connectivity index (χ0n) is 39.1. The Morgan fingerprint density at radius 1 is 0.783 bits per heavy atom. The molecule has 0 spiro atoms. The Balaban J connectivity index is 2.05. The van der Waals surface area contributed by atoms with Gasteiger partial charge in [0, 0.05) is 30.9 Å². The van der Waals surface area contributed by atoms with Crippen LogP contribution in [0.2, 0.25) is 0 Å². The van der Waals surface area contributed by atoms with E-state index in [1.807, 2.05) is 13.8 Å². The Hall–Kier alpha value is -6.15. The lowest BCUT2D eigenvalue weighted by atomic mass is 9.96. The highest BCUT2D eigenvalue weighted by Crippen LogP contribution is 2.26. The molecular weight excluding hydrogens is 941 g/mol. The number of carbonyl (C=O) groups excluding carboxylic acids is 11. The van der Waals surface area contributed by atoms with Crippen LogP contribution in [0.1, 0.15) is 78.2 Å². The third-order valence-corrected chi connectivity index (χ3v) is 13.7. The predicted molar refractivity (Wildman–Crippen MR) is 254 cm³/mol. The molecule has 0 radical (unpaired) electrons. The molecule has 26 heteroatoms. The van der Waals surface area contributed by atoms with Crippen LogP contribution in [0.25, 0.3) is 0 Å². The van der Waals surface area contributed by atoms with Crippen LogP contribution in [0.3, 0.4) is 0 Å². The molecule has 0 saturated carbocycles. The second-order valence-electron chi connectivity index (χ2n) is 17.4. The first-order valence-electron chi connectivity index (χ1n) is 22.5. The number of phenols is 1. The lowest BCUT2D eigenvalue weighted by molar-refractivity contribution is -0.142. The van der Waals surface area contributed by atoms with E-state index in [4.69, 9.17) is 22.9 Å². The molecule has 11 amide bonds. The maximum atomic E-state index is 14.5. The number of phenolic OH excluding ortho intramolecular Hbond substituents is 1. The van der Waals surface area contributed by atoms with Gasteiger partial charge in [0.2, 0.25) is 65.0 Å². The smallest absolute Gasteiger partial charge is 0.246 e. The lowest BCUT2D eigenvalue weighted by Gasteiger charge is -2.31. The van der Waals surface area contributed by atoms with Gasteiger partial charge < -0.3 is 70.2 Å². The number of rotatable bonds is 17. The normalized spacial score (nSPS) is 24.3. The van der Waals surface area contributed by atoms with Crippen LogP contribution in [0.15, 0.2) is 24.3 Å². The Labute approximate surface area is 407 Å². The zero-order chi connectivity index (χ0) is 51.5. The highest BCUT2D eigenvalue weighted by molar-refractivity contribution is 8.76. The summed E-state index contributed by atoms with van der Waals surface area (Å²) in [4.78, 5) is 148. The average molecular weight is 1010 g/mol. The molecule has 1 unspecified atom stereocenters. The van der Waals surface area contributed by atoms with Crippen molar-refractivity contribution in [3.63, 3.8) is 0 Å². The van der Waals surface area contributed by atoms with E-state index in [1.165, 1.54) is 29.2 Å². The van der Waals surface area contributed by atoms with Crippen molar-refractivity contribution in [1.82, 2.24) is 42.1 Å². The number of likely N-dealkylation sites (tertiary alicyclic amines) is 1. The quantitative estimate of drug-likeness (QED) is 0.0671. The topological polar surface area (TPSA) is 400 Å². The van der Waals surface area contributed by atoms with Crippen LogP contribution >= 0.6 is 21.6 Å². The summed E-state index contributed by atoms with van der Waals surface area (Å²) in [6.07, 6.45) is -0.694. The van der Waals surface area contributed by atoms with Gasteiger partial charge in [0.1, 0.15) is 48.0 Å². The monoisotopic (exact) mass is 1010 g/mol. The van der Waals surface area contributed by atoms with Crippen LogP contribution in [0, 0.1) is 11.8 Å². The number of hydrogen-bond acceptors (Lipinski definition) is 15. The Bertz CT molecular complexity index is 2050. The number of aromatic hydroxyl groups is 1. The number of benzene rings is 1. The second kappa shape index (κ2) is 27.7. The van der Waals surface area contributed by atoms with E-state index in [0.29, 0.717) is 18.4 Å². The summed E-state index contributed by atoms with van der Waals surface area (Å²) in [5, 5.41) is 27.7. The van der Waals surface area contributed by atoms with Gasteiger partial charge in [0.25, 0.3) is 0 Å². The fourth-order valence-electron chi connectivity index (χ4n) is 7.34. The third-order valence-electron chi connectivity index (χ3n) is 11.3. The molecule has 2 fully saturated rings. The zero-order valence-corrected chi connectivity index (χ0v) is 40.7. The minimum absolute atomic E-state index is 0.0468. The standard InChI is InChI=1S/C43H66N12O12S2/c1-5-22(4)35-42(66)49-26(12-13-32(45)57)38(62)51-29(17-33(46)58)39(63)53-30(20-69-68-19-25(44)36(60)50-28(40(64)54-35)16-23-8-10-24(56)11-9-23)43(67)55-14-6-7-31(55)41(65)52-27(15-21(2)3)37(61)48-18-34(47)59/h8-11,21-22,25-31,35,56H,5-7,12-20,44H2,1-4H3,(H2,45,57)(H2,46,58)(H2,47,59)(H,48,61)(H,49,66)(H,50,60)(H,51,62)(H,52,65)(H,53,63)(H,54,64)/t22-,25-,26?,27-,28-,29+,30-,31-,35-/m0/s1. The van der Waals surface area contributed by atoms with Gasteiger partial charge in [-0.05, 0) is 55.2 Å². The highest BCUT2D eigenvalue weighted by Gasteiger charge is 2.41. The van der Waals surface area contributed by atoms with Crippen LogP contribution in [0.4, 0.5) is 0 Å². The van der Waals surface area contributed by atoms with Crippen LogP contribution < -0.4 is 60.2 Å². The van der Waals surface area contributed by atoms with E-state index < -0.39 is 145 Å². The molecule has 0 aliphatic carbocycles. The minimum atomic E-state index is -1.75. The summed E-state index contributed by atoms with van der Waals surface area (Å²) in [6.45, 7) is 6.60. The summed E-state index contributed by atoms with van der Waals surface area (Å²) in [5.41, 5.74) is 22.9. The van der Waals surface area contributed by atoms with E-state index >= 15 is 0 Å². The number of nitrogens with one attached hydrogen (secondary N) is 7. The van der Waals surface area contributed by atoms with Crippen LogP contribution in [-0.2, 0) is 59.2 Å². The second-order valence-corrected chi connectivity index (χ2v) is 20.0. The van der Waals surface area contributed by atoms with E-state index in [2.05, 4.69) is 37.2 Å². The van der Waals surface area contributed by atoms with Crippen molar-refractivity contribution in [2.75, 3.05) is 24.6 Å². The van der Waals surface area contributed by atoms with Gasteiger partial charge in [-0.15, -0.1) is 0 Å². The summed E-state index contributed by atoms with van der Waals surface area (Å²) in [7, 11) is 2.05. The van der Waals surface area contributed by atoms with Crippen molar-refractivity contribution in [1.29, 1.82) is 0 Å². The molecule has 16 N–H and O–H groups in total. The van der Waals surface area contributed by atoms with Gasteiger partial charge in [-0.3, -0.25) is 52.7 Å². The fourth-order valence-corrected chi connectivity index (χ4v) is 9.62. The van der Waals surface area contributed by atoms with Crippen LogP contribution in [0.5, 0.6) is 5.75 Å². The molecule has 0 bridgehead atoms. The van der Waals surface area contributed by atoms with E-state index in [0.717, 1.165) is 21.6 Å². The summed E-state index contributed by atoms with van der Waals surface area (Å²) in [6, 6.07) is -5.05. The largest absolute Gasteiger partial charge is 0.508 e. The Morgan fingerprint density at radius 2 is 1.39 bits per heavy atom. The van der Waals surface area contributed by atoms with Gasteiger partial charge in [0.15, 0.2) is 0 Å². The van der Waals surface area contributed by atoms with Crippen molar-refractivity contribution in [3.8, 4) is 5.75 Å². The molecule has 0 aromatic heterocycles. The third kappa shape index (κ3) is 18.7. The Morgan fingerprint density at radius 3 is 2.00 bits per heavy atom. The SMILES string of the molecule is CC[C@H](C)[C@@H]1NC(=O)[C@H](Cc2ccc(O)cc2)NC(=O)[C@@H](N)CSSC[C@@H](C(=O)N2CCC[C@H]2C(=O)N[C@@H](CC(C)C)C(=O)NCC(N)=O)NC(=O)[C@@H](CC(N)=O)NC(=O)C(CCC(N)=O)NC1=O. The van der Waals surface area contributed by atoms with Crippen LogP contribution in [-0.4, -0.2) is 148 Å². The van der Waals surface area contributed by atoms with Gasteiger partial charge in [-0.2, -0.15) is 0 Å². The minimum Gasteiger partial charge on any atom is -0.508 e. The predicted octanol–water partition coefficient (Wildman–Crippen LogP) is -3.61. The number of amides is 11. The van der Waals surface area contributed by atoms with Gasteiger partial charge in [0.05, 0.1) is 19.0 Å². The first-order chi connectivity index (χ1) is 32.5. The number of hydrogen-bond donors (Lipinski definition) is 12. The molecule has 2 aliphatic heterocycles. The molecule has 382 valence electrons. The van der Waals surface area contributed by atoms with E-state index in [9.17, 15) is 57.8 Å². The maximum Gasteiger partial charge on any atom is 0.246 e. The molecule has 69 heavy (non-hydrogen) atoms. The molecule has 2 heterocycles. The van der Waals surface area contributed by atoms with Gasteiger partial charge >= 0.3 is 0 Å². The highest BCUT2D eigenvalue weighted by atomic mass is 33.1. The Kier molecular flexibility index (Phi) is 23.0. The fraction of sp³-hybridized carbons (Fsp3) is 0.605. The molecule has 1 aromatic rings. The molecule has 1 aromatic carbocycles. The molecule has 24 nitrogen and oxygen atoms in total. The van der Waals surface area contributed by atoms with Crippen molar-refractivity contribution < 1.29 is 57.8 Å². The number of primary amides is 3. The summed E-state index contributed by atoms with van der Waals surface area (Å²) < 4.78 is 0. The molecule has 2 aliphatic rings. The lowest BCUT2D eigenvalue weighted by Crippen LogP contribution is -2.61. The number of carbonyl (C=O) groups is 11. The number of nitrogens with two attached hydrogens (primary N) is 4. The maximum absolute atomic E-state index is 14.5. The first kappa shape index (κ1) is 57.2. The van der Waals surface area contributed by atoms with Crippen molar-refractivity contribution >= 4 is 86.6 Å². The van der Waals surface area contributed by atoms with E-state index in [-0.39, 0.29) is 49.0 Å². The first-order valence-corrected chi connectivity index (χ1v) is 25.0. The average Bonchev–Trinajstić information content (AvgIpc) is 3.78. The number of nitrogens with zero attached hydrogens (tertiary/aromatic N) is 1. The summed E-state index contributed by atoms with van der Waals surface area (Å²) in [5.74, 6) is -10.4. The molecule has 9 atom stereocenters. The molecule has 3 rings (SSSR count). The summed E-state index contributed by atoms with van der Waals surface area (Å²) >= 11 is 0.